The largest absolute Gasteiger partial charge is 0.395 e. The molecule has 1 saturated heterocycles. The predicted octanol–water partition coefficient (Wildman–Crippen LogP) is 2.91. The molecule has 3 unspecified atom stereocenters. The third kappa shape index (κ3) is 2.62. The lowest BCUT2D eigenvalue weighted by molar-refractivity contribution is 0.189. The Hall–Kier alpha value is -1.64. The summed E-state index contributed by atoms with van der Waals surface area (Å²) in [7, 11) is 0. The van der Waals surface area contributed by atoms with E-state index in [-0.39, 0.29) is 12.6 Å². The Morgan fingerprint density at radius 3 is 2.10 bits per heavy atom. The third-order valence-corrected chi connectivity index (χ3v) is 4.34. The Morgan fingerprint density at radius 2 is 1.50 bits per heavy atom. The molecule has 20 heavy (non-hydrogen) atoms. The summed E-state index contributed by atoms with van der Waals surface area (Å²) in [6, 6.07) is 21.4. The summed E-state index contributed by atoms with van der Waals surface area (Å²) in [4.78, 5) is 0. The molecule has 2 nitrogen and oxygen atoms in total. The van der Waals surface area contributed by atoms with E-state index in [1.807, 2.05) is 6.07 Å². The number of benzene rings is 2. The van der Waals surface area contributed by atoms with Crippen LogP contribution in [0.3, 0.4) is 0 Å². The van der Waals surface area contributed by atoms with Gasteiger partial charge in [-0.05, 0) is 30.0 Å². The lowest BCUT2D eigenvalue weighted by atomic mass is 9.73. The van der Waals surface area contributed by atoms with Gasteiger partial charge < -0.3 is 10.4 Å². The van der Waals surface area contributed by atoms with Crippen LogP contribution < -0.4 is 5.32 Å². The van der Waals surface area contributed by atoms with E-state index in [2.05, 4.69) is 59.9 Å². The van der Waals surface area contributed by atoms with Crippen LogP contribution in [0, 0.1) is 0 Å². The van der Waals surface area contributed by atoms with Gasteiger partial charge >= 0.3 is 0 Å². The molecule has 1 fully saturated rings. The molecule has 0 aliphatic carbocycles. The van der Waals surface area contributed by atoms with Crippen molar-refractivity contribution in [3.8, 4) is 0 Å². The highest BCUT2D eigenvalue weighted by atomic mass is 16.3. The second-order valence-electron chi connectivity index (χ2n) is 5.49. The Kier molecular flexibility index (Phi) is 4.14. The molecule has 2 N–H and O–H groups in total. The van der Waals surface area contributed by atoms with E-state index in [1.54, 1.807) is 0 Å². The molecule has 2 aromatic rings. The molecule has 2 aromatic carbocycles. The number of aliphatic hydroxyl groups is 1. The number of piperidine rings is 1. The summed E-state index contributed by atoms with van der Waals surface area (Å²) >= 11 is 0. The molecule has 3 atom stereocenters. The maximum atomic E-state index is 9.72. The molecule has 1 heterocycles. The number of hydrogen-bond donors (Lipinski definition) is 2. The van der Waals surface area contributed by atoms with Crippen molar-refractivity contribution in [2.75, 3.05) is 13.2 Å². The van der Waals surface area contributed by atoms with E-state index in [1.165, 1.54) is 11.1 Å². The van der Waals surface area contributed by atoms with Gasteiger partial charge in [-0.1, -0.05) is 60.7 Å². The van der Waals surface area contributed by atoms with Gasteiger partial charge in [-0.2, -0.15) is 0 Å². The fourth-order valence-electron chi connectivity index (χ4n) is 3.40. The van der Waals surface area contributed by atoms with Gasteiger partial charge in [-0.25, -0.2) is 0 Å². The first-order valence-electron chi connectivity index (χ1n) is 7.34. The van der Waals surface area contributed by atoms with Crippen molar-refractivity contribution >= 4 is 0 Å². The van der Waals surface area contributed by atoms with Crippen LogP contribution in [0.1, 0.15) is 29.4 Å². The topological polar surface area (TPSA) is 32.3 Å². The van der Waals surface area contributed by atoms with Crippen LogP contribution in [-0.2, 0) is 0 Å². The molecule has 0 amide bonds. The highest BCUT2D eigenvalue weighted by molar-refractivity contribution is 5.31. The summed E-state index contributed by atoms with van der Waals surface area (Å²) < 4.78 is 0. The van der Waals surface area contributed by atoms with Gasteiger partial charge in [0.05, 0.1) is 6.61 Å². The first-order valence-corrected chi connectivity index (χ1v) is 7.34. The zero-order valence-electron chi connectivity index (χ0n) is 11.6. The highest BCUT2D eigenvalue weighted by Crippen LogP contribution is 2.40. The summed E-state index contributed by atoms with van der Waals surface area (Å²) in [5.74, 6) is 0.800. The molecule has 0 saturated carbocycles. The summed E-state index contributed by atoms with van der Waals surface area (Å²) in [5, 5.41) is 13.2. The molecule has 3 rings (SSSR count). The van der Waals surface area contributed by atoms with Crippen LogP contribution in [0.15, 0.2) is 60.7 Å². The number of nitrogens with one attached hydrogen (secondary N) is 1. The number of aliphatic hydroxyl groups excluding tert-OH is 1. The van der Waals surface area contributed by atoms with Crippen LogP contribution in [0.5, 0.6) is 0 Å². The van der Waals surface area contributed by atoms with Gasteiger partial charge in [0, 0.05) is 12.0 Å². The lowest BCUT2D eigenvalue weighted by Crippen LogP contribution is -2.45. The molecule has 0 aromatic heterocycles. The van der Waals surface area contributed by atoms with E-state index in [0.717, 1.165) is 13.0 Å². The standard InChI is InChI=1S/C18H21NO/c20-13-17-18(15-9-5-2-6-10-15)16(11-12-19-17)14-7-3-1-4-8-14/h1-10,16-20H,11-13H2. The minimum Gasteiger partial charge on any atom is -0.395 e. The fourth-order valence-corrected chi connectivity index (χ4v) is 3.40. The first kappa shape index (κ1) is 13.3. The Labute approximate surface area is 120 Å². The summed E-state index contributed by atoms with van der Waals surface area (Å²) in [5.41, 5.74) is 2.69. The number of rotatable bonds is 3. The zero-order chi connectivity index (χ0) is 13.8. The Morgan fingerprint density at radius 1 is 0.900 bits per heavy atom. The van der Waals surface area contributed by atoms with Crippen LogP contribution in [0.2, 0.25) is 0 Å². The quantitative estimate of drug-likeness (QED) is 0.896. The van der Waals surface area contributed by atoms with Gasteiger partial charge in [0.1, 0.15) is 0 Å². The van der Waals surface area contributed by atoms with Crippen molar-refractivity contribution in [3.05, 3.63) is 71.8 Å². The highest BCUT2D eigenvalue weighted by Gasteiger charge is 2.34. The van der Waals surface area contributed by atoms with Crippen LogP contribution in [0.4, 0.5) is 0 Å². The molecule has 2 heteroatoms. The normalized spacial score (nSPS) is 26.4. The molecule has 0 radical (unpaired) electrons. The van der Waals surface area contributed by atoms with Crippen molar-refractivity contribution in [2.24, 2.45) is 0 Å². The SMILES string of the molecule is OCC1NCCC(c2ccccc2)C1c1ccccc1. The predicted molar refractivity (Wildman–Crippen MR) is 81.9 cm³/mol. The van der Waals surface area contributed by atoms with E-state index in [9.17, 15) is 5.11 Å². The molecule has 0 bridgehead atoms. The van der Waals surface area contributed by atoms with Gasteiger partial charge in [-0.15, -0.1) is 0 Å². The average Bonchev–Trinajstić information content (AvgIpc) is 2.55. The second-order valence-corrected chi connectivity index (χ2v) is 5.49. The molecular formula is C18H21NO. The smallest absolute Gasteiger partial charge is 0.0590 e. The van der Waals surface area contributed by atoms with Gasteiger partial charge in [0.2, 0.25) is 0 Å². The Bertz CT molecular complexity index is 526. The summed E-state index contributed by atoms with van der Waals surface area (Å²) in [6.07, 6.45) is 1.11. The third-order valence-electron chi connectivity index (χ3n) is 4.34. The minimum atomic E-state index is 0.136. The van der Waals surface area contributed by atoms with E-state index in [0.29, 0.717) is 11.8 Å². The van der Waals surface area contributed by atoms with E-state index >= 15 is 0 Å². The number of hydrogen-bond acceptors (Lipinski definition) is 2. The van der Waals surface area contributed by atoms with E-state index < -0.39 is 0 Å². The maximum Gasteiger partial charge on any atom is 0.0590 e. The lowest BCUT2D eigenvalue weighted by Gasteiger charge is -2.39. The van der Waals surface area contributed by atoms with Crippen LogP contribution >= 0.6 is 0 Å². The monoisotopic (exact) mass is 267 g/mol. The first-order chi connectivity index (χ1) is 9.90. The van der Waals surface area contributed by atoms with Crippen LogP contribution in [0.25, 0.3) is 0 Å². The van der Waals surface area contributed by atoms with Crippen molar-refractivity contribution in [2.45, 2.75) is 24.3 Å². The fraction of sp³-hybridized carbons (Fsp3) is 0.333. The van der Waals surface area contributed by atoms with Gasteiger partial charge in [-0.3, -0.25) is 0 Å². The molecule has 0 spiro atoms. The van der Waals surface area contributed by atoms with Crippen molar-refractivity contribution in [3.63, 3.8) is 0 Å². The molecule has 104 valence electrons. The minimum absolute atomic E-state index is 0.136. The Balaban J connectivity index is 1.98. The summed E-state index contributed by atoms with van der Waals surface area (Å²) in [6.45, 7) is 1.15. The zero-order valence-corrected chi connectivity index (χ0v) is 11.6. The van der Waals surface area contributed by atoms with Crippen molar-refractivity contribution in [1.29, 1.82) is 0 Å². The second kappa shape index (κ2) is 6.21. The van der Waals surface area contributed by atoms with Crippen molar-refractivity contribution in [1.82, 2.24) is 5.32 Å². The molecular weight excluding hydrogens is 246 g/mol. The average molecular weight is 267 g/mol. The van der Waals surface area contributed by atoms with Crippen molar-refractivity contribution < 1.29 is 5.11 Å². The van der Waals surface area contributed by atoms with Gasteiger partial charge in [0.25, 0.3) is 0 Å². The van der Waals surface area contributed by atoms with Crippen LogP contribution in [-0.4, -0.2) is 24.3 Å². The molecule has 1 aliphatic heterocycles. The molecule has 1 aliphatic rings. The maximum absolute atomic E-state index is 9.72. The van der Waals surface area contributed by atoms with E-state index in [4.69, 9.17) is 0 Å². The van der Waals surface area contributed by atoms with Gasteiger partial charge in [0.15, 0.2) is 0 Å².